The van der Waals surface area contributed by atoms with Crippen LogP contribution in [0.5, 0.6) is 0 Å². The highest BCUT2D eigenvalue weighted by atomic mass is 79.9. The van der Waals surface area contributed by atoms with E-state index in [1.807, 2.05) is 131 Å². The third-order valence-corrected chi connectivity index (χ3v) is 9.49. The molecule has 0 spiro atoms. The van der Waals surface area contributed by atoms with Crippen LogP contribution in [0.1, 0.15) is 42.7 Å². The Morgan fingerprint density at radius 1 is 0.737 bits per heavy atom. The summed E-state index contributed by atoms with van der Waals surface area (Å²) in [7, 11) is 0. The maximum atomic E-state index is 10.9. The van der Waals surface area contributed by atoms with Crippen LogP contribution < -0.4 is 11.3 Å². The molecule has 10 nitrogen and oxygen atoms in total. The van der Waals surface area contributed by atoms with Crippen molar-refractivity contribution in [2.45, 2.75) is 26.7 Å². The molecule has 57 heavy (non-hydrogen) atoms. The minimum absolute atomic E-state index is 0.280. The summed E-state index contributed by atoms with van der Waals surface area (Å²) in [6.07, 6.45) is 5.60. The van der Waals surface area contributed by atoms with Gasteiger partial charge in [-0.3, -0.25) is 24.8 Å². The first-order chi connectivity index (χ1) is 27.9. The predicted molar refractivity (Wildman–Crippen MR) is 241 cm³/mol. The summed E-state index contributed by atoms with van der Waals surface area (Å²) in [5, 5.41) is 17.9. The molecule has 3 heterocycles. The minimum Gasteiger partial charge on any atom is -0.396 e. The van der Waals surface area contributed by atoms with E-state index in [0.29, 0.717) is 12.2 Å². The van der Waals surface area contributed by atoms with Crippen LogP contribution in [0.15, 0.2) is 172 Å². The number of aromatic nitrogens is 5. The Balaban J connectivity index is 0.000000190. The molecular formula is C44H44Br2N8O2S. The second kappa shape index (κ2) is 25.0. The third-order valence-electron chi connectivity index (χ3n) is 7.57. The molecule has 0 fully saturated rings. The molecule has 0 radical (unpaired) electrons. The highest BCUT2D eigenvalue weighted by Gasteiger charge is 2.17. The lowest BCUT2D eigenvalue weighted by atomic mass is 10.2. The topological polar surface area (TPSA) is 144 Å². The average molecular weight is 909 g/mol. The largest absolute Gasteiger partial charge is 0.396 e. The molecule has 7 rings (SSSR count). The van der Waals surface area contributed by atoms with Crippen LogP contribution in [0.3, 0.4) is 0 Å². The first kappa shape index (κ1) is 44.4. The number of pyridine rings is 2. The quantitative estimate of drug-likeness (QED) is 0.0427. The zero-order valence-corrected chi connectivity index (χ0v) is 35.6. The summed E-state index contributed by atoms with van der Waals surface area (Å²) in [5.41, 5.74) is 7.29. The lowest BCUT2D eigenvalue weighted by molar-refractivity contribution is 0.0953. The molecule has 0 atom stereocenters. The summed E-state index contributed by atoms with van der Waals surface area (Å²) in [6, 6.07) is 46.7. The number of aliphatic hydroxyl groups is 1. The Hall–Kier alpha value is -5.31. The summed E-state index contributed by atoms with van der Waals surface area (Å²) in [4.78, 5) is 24.3. The average Bonchev–Trinajstić information content (AvgIpc) is 3.71. The van der Waals surface area contributed by atoms with Gasteiger partial charge in [0.25, 0.3) is 5.91 Å². The summed E-state index contributed by atoms with van der Waals surface area (Å²) >= 11 is 8.44. The Morgan fingerprint density at radius 2 is 1.32 bits per heavy atom. The number of nitrogen functional groups attached to an aromatic ring is 1. The van der Waals surface area contributed by atoms with Crippen LogP contribution in [0.4, 0.5) is 5.69 Å². The van der Waals surface area contributed by atoms with Crippen molar-refractivity contribution >= 4 is 60.3 Å². The predicted octanol–water partition coefficient (Wildman–Crippen LogP) is 10.5. The molecule has 4 aromatic carbocycles. The summed E-state index contributed by atoms with van der Waals surface area (Å²) < 4.78 is 4.00. The summed E-state index contributed by atoms with van der Waals surface area (Å²) in [6.45, 7) is 4.51. The number of thioether (sulfide) groups is 1. The molecule has 13 heteroatoms. The summed E-state index contributed by atoms with van der Waals surface area (Å²) in [5.74, 6) is 7.15. The number of benzene rings is 4. The van der Waals surface area contributed by atoms with E-state index < -0.39 is 0 Å². The van der Waals surface area contributed by atoms with E-state index in [2.05, 4.69) is 70.9 Å². The van der Waals surface area contributed by atoms with Crippen LogP contribution in [-0.2, 0) is 0 Å². The number of hydrazine groups is 1. The lowest BCUT2D eigenvalue weighted by Gasteiger charge is -2.10. The molecule has 0 aliphatic rings. The Kier molecular flexibility index (Phi) is 19.5. The lowest BCUT2D eigenvalue weighted by Crippen LogP contribution is -2.29. The van der Waals surface area contributed by atoms with Crippen molar-refractivity contribution in [1.29, 1.82) is 0 Å². The van der Waals surface area contributed by atoms with Crippen molar-refractivity contribution in [3.63, 3.8) is 0 Å². The van der Waals surface area contributed by atoms with Gasteiger partial charge in [-0.25, -0.2) is 10.8 Å². The molecule has 292 valence electrons. The van der Waals surface area contributed by atoms with Gasteiger partial charge in [0.05, 0.1) is 11.4 Å². The van der Waals surface area contributed by atoms with Crippen LogP contribution in [0.25, 0.3) is 28.6 Å². The van der Waals surface area contributed by atoms with Gasteiger partial charge in [-0.15, -0.1) is 22.0 Å². The van der Waals surface area contributed by atoms with Gasteiger partial charge in [-0.05, 0) is 97.1 Å². The highest BCUT2D eigenvalue weighted by Crippen LogP contribution is 2.28. The van der Waals surface area contributed by atoms with Gasteiger partial charge in [0.1, 0.15) is 10.7 Å². The fourth-order valence-corrected chi connectivity index (χ4v) is 6.05. The van der Waals surface area contributed by atoms with Crippen molar-refractivity contribution in [1.82, 2.24) is 30.2 Å². The van der Waals surface area contributed by atoms with Crippen molar-refractivity contribution in [3.05, 3.63) is 178 Å². The van der Waals surface area contributed by atoms with Gasteiger partial charge in [-0.1, -0.05) is 113 Å². The van der Waals surface area contributed by atoms with E-state index in [1.165, 1.54) is 0 Å². The second-order valence-corrected chi connectivity index (χ2v) is 14.8. The van der Waals surface area contributed by atoms with Gasteiger partial charge in [0.2, 0.25) is 0 Å². The Labute approximate surface area is 355 Å². The zero-order valence-electron chi connectivity index (χ0n) is 31.6. The number of aliphatic hydroxyl groups excluding tert-OH is 1. The molecule has 0 aliphatic carbocycles. The number of aliphatic imine (C=N–C) groups is 1. The number of carbonyl (C=O) groups is 1. The molecular weight excluding hydrogens is 864 g/mol. The van der Waals surface area contributed by atoms with Crippen LogP contribution >= 0.6 is 43.6 Å². The number of hydrogen-bond acceptors (Lipinski definition) is 9. The molecule has 0 saturated carbocycles. The van der Waals surface area contributed by atoms with E-state index in [-0.39, 0.29) is 5.91 Å². The number of nitrogens with one attached hydrogen (secondary N) is 1. The highest BCUT2D eigenvalue weighted by molar-refractivity contribution is 9.10. The van der Waals surface area contributed by atoms with Crippen LogP contribution in [-0.4, -0.2) is 53.1 Å². The van der Waals surface area contributed by atoms with E-state index in [0.717, 1.165) is 72.6 Å². The number of para-hydroxylation sites is 2. The molecule has 0 saturated heterocycles. The number of halogens is 2. The van der Waals surface area contributed by atoms with Crippen LogP contribution in [0.2, 0.25) is 0 Å². The van der Waals surface area contributed by atoms with E-state index in [1.54, 1.807) is 48.4 Å². The van der Waals surface area contributed by atoms with Gasteiger partial charge >= 0.3 is 0 Å². The van der Waals surface area contributed by atoms with Crippen LogP contribution in [0, 0.1) is 0 Å². The molecule has 1 amide bonds. The molecule has 0 unspecified atom stereocenters. The van der Waals surface area contributed by atoms with E-state index >= 15 is 0 Å². The fourth-order valence-electron chi connectivity index (χ4n) is 4.80. The molecule has 0 bridgehead atoms. The van der Waals surface area contributed by atoms with E-state index in [4.69, 9.17) is 10.9 Å². The molecule has 7 aromatic rings. The number of amides is 1. The molecule has 4 N–H and O–H groups in total. The van der Waals surface area contributed by atoms with Gasteiger partial charge in [-0.2, -0.15) is 0 Å². The van der Waals surface area contributed by atoms with Crippen molar-refractivity contribution in [2.24, 2.45) is 10.8 Å². The van der Waals surface area contributed by atoms with Gasteiger partial charge in [0.15, 0.2) is 11.6 Å². The zero-order chi connectivity index (χ0) is 40.7. The third kappa shape index (κ3) is 14.6. The second-order valence-electron chi connectivity index (χ2n) is 11.7. The number of carbonyl (C=O) groups excluding carboxylic acids is 1. The normalized spacial score (nSPS) is 10.5. The Morgan fingerprint density at radius 3 is 1.84 bits per heavy atom. The number of nitrogens with zero attached hydrogens (tertiary/aromatic N) is 6. The van der Waals surface area contributed by atoms with E-state index in [9.17, 15) is 4.79 Å². The standard InChI is InChI=1S/C19H13BrN4.C14H14N2S.C7H7BrN2O.C4H10O/c20-15-11-9-14(10-12-15)18-22-23-19(17-8-4-5-13-21-17)24(18)16-6-2-1-3-7-16;1-2-17-14(13-10-6-7-11-15-13)16-12-8-4-3-5-9-12;8-6-3-1-5(2-4-6)7(11)10-9;1-2-3-4-5/h1-13H;3-11H,2H2,1H3;1-4H,9H2,(H,10,11);5H,2-4H2,1H3. The smallest absolute Gasteiger partial charge is 0.265 e. The monoisotopic (exact) mass is 906 g/mol. The Bertz CT molecular complexity index is 2210. The number of hydrogen-bond donors (Lipinski definition) is 3. The number of rotatable bonds is 9. The first-order valence-corrected chi connectivity index (χ1v) is 20.7. The number of unbranched alkanes of at least 4 members (excludes halogenated alkanes) is 1. The fraction of sp³-hybridized carbons (Fsp3) is 0.136. The van der Waals surface area contributed by atoms with Crippen molar-refractivity contribution < 1.29 is 9.90 Å². The maximum Gasteiger partial charge on any atom is 0.265 e. The van der Waals surface area contributed by atoms with Gasteiger partial charge < -0.3 is 5.11 Å². The number of nitrogens with two attached hydrogens (primary N) is 1. The molecule has 3 aromatic heterocycles. The van der Waals surface area contributed by atoms with Crippen molar-refractivity contribution in [3.8, 4) is 28.6 Å². The molecule has 0 aliphatic heterocycles. The first-order valence-electron chi connectivity index (χ1n) is 18.1. The maximum absolute atomic E-state index is 10.9. The minimum atomic E-state index is -0.280. The van der Waals surface area contributed by atoms with Gasteiger partial charge in [0, 0.05) is 44.8 Å². The van der Waals surface area contributed by atoms with Crippen molar-refractivity contribution in [2.75, 3.05) is 12.4 Å². The SMILES string of the molecule is Brc1ccc(-c2nnc(-c3ccccn3)n2-c2ccccc2)cc1.CCCCO.CCSC(=Nc1ccccc1)c1ccccn1.NNC(=O)c1ccc(Br)cc1.